The van der Waals surface area contributed by atoms with Crippen LogP contribution in [0.15, 0.2) is 12.1 Å². The highest BCUT2D eigenvalue weighted by molar-refractivity contribution is 6.32. The summed E-state index contributed by atoms with van der Waals surface area (Å²) in [5.74, 6) is 0.299. The van der Waals surface area contributed by atoms with Crippen LogP contribution in [0.2, 0.25) is 5.02 Å². The highest BCUT2D eigenvalue weighted by atomic mass is 35.5. The lowest BCUT2D eigenvalue weighted by Gasteiger charge is -2.26. The number of morpholine rings is 1. The zero-order valence-electron chi connectivity index (χ0n) is 15.4. The van der Waals surface area contributed by atoms with Crippen molar-refractivity contribution in [3.63, 3.8) is 0 Å². The van der Waals surface area contributed by atoms with Crippen LogP contribution in [0.1, 0.15) is 12.5 Å². The molecule has 0 radical (unpaired) electrons. The molecule has 1 aromatic rings. The van der Waals surface area contributed by atoms with Gasteiger partial charge in [-0.05, 0) is 24.6 Å². The Bertz CT molecular complexity index is 573. The van der Waals surface area contributed by atoms with Gasteiger partial charge in [0.25, 0.3) is 5.91 Å². The van der Waals surface area contributed by atoms with E-state index in [9.17, 15) is 4.79 Å². The molecule has 1 fully saturated rings. The van der Waals surface area contributed by atoms with Crippen LogP contribution in [0.25, 0.3) is 0 Å². The van der Waals surface area contributed by atoms with Crippen LogP contribution < -0.4 is 20.5 Å². The minimum absolute atomic E-state index is 0. The molecule has 3 N–H and O–H groups in total. The average molecular weight is 445 g/mol. The third kappa shape index (κ3) is 9.19. The van der Waals surface area contributed by atoms with Crippen molar-refractivity contribution in [3.8, 4) is 11.5 Å². The van der Waals surface area contributed by atoms with Gasteiger partial charge in [-0.25, -0.2) is 0 Å². The molecule has 0 spiro atoms. The number of hydrogen-bond acceptors (Lipinski definition) is 6. The van der Waals surface area contributed by atoms with Crippen LogP contribution in [-0.4, -0.2) is 63.4 Å². The van der Waals surface area contributed by atoms with Gasteiger partial charge in [-0.15, -0.1) is 24.8 Å². The van der Waals surface area contributed by atoms with Crippen LogP contribution in [0, 0.1) is 0 Å². The number of hydrogen-bond donors (Lipinski definition) is 2. The van der Waals surface area contributed by atoms with Crippen molar-refractivity contribution >= 4 is 42.3 Å². The van der Waals surface area contributed by atoms with Gasteiger partial charge in [-0.1, -0.05) is 11.6 Å². The Kier molecular flexibility index (Phi) is 13.6. The van der Waals surface area contributed by atoms with Crippen LogP contribution in [0.4, 0.5) is 0 Å². The number of halogens is 3. The largest absolute Gasteiger partial charge is 0.490 e. The molecule has 7 nitrogen and oxygen atoms in total. The van der Waals surface area contributed by atoms with Gasteiger partial charge in [0.2, 0.25) is 0 Å². The molecular formula is C17H28Cl3N3O4. The molecule has 0 unspecified atom stereocenters. The zero-order chi connectivity index (χ0) is 18.1. The lowest BCUT2D eigenvalue weighted by atomic mass is 10.2. The molecule has 0 aromatic heterocycles. The fraction of sp³-hybridized carbons (Fsp3) is 0.588. The Balaban J connectivity index is 0.00000338. The Morgan fingerprint density at radius 3 is 2.63 bits per heavy atom. The SMILES string of the molecule is CCOc1cc(CNCCN2CCOCC2)cc(Cl)c1OCC(N)=O.Cl.Cl. The van der Waals surface area contributed by atoms with E-state index in [0.29, 0.717) is 29.7 Å². The Labute approximate surface area is 177 Å². The van der Waals surface area contributed by atoms with Crippen LogP contribution in [0.3, 0.4) is 0 Å². The van der Waals surface area contributed by atoms with E-state index in [2.05, 4.69) is 10.2 Å². The normalized spacial score (nSPS) is 14.0. The van der Waals surface area contributed by atoms with Crippen LogP contribution >= 0.6 is 36.4 Å². The minimum Gasteiger partial charge on any atom is -0.490 e. The quantitative estimate of drug-likeness (QED) is 0.536. The Morgan fingerprint density at radius 1 is 1.30 bits per heavy atom. The molecule has 156 valence electrons. The van der Waals surface area contributed by atoms with E-state index in [4.69, 9.17) is 31.5 Å². The number of carbonyl (C=O) groups excluding carboxylic acids is 1. The van der Waals surface area contributed by atoms with Crippen molar-refractivity contribution in [3.05, 3.63) is 22.7 Å². The number of amides is 1. The number of nitrogens with zero attached hydrogens (tertiary/aromatic N) is 1. The van der Waals surface area contributed by atoms with Gasteiger partial charge < -0.3 is 25.3 Å². The number of nitrogens with one attached hydrogen (secondary N) is 1. The fourth-order valence-corrected chi connectivity index (χ4v) is 2.85. The predicted molar refractivity (Wildman–Crippen MR) is 111 cm³/mol. The maximum Gasteiger partial charge on any atom is 0.255 e. The van der Waals surface area contributed by atoms with Gasteiger partial charge in [0, 0.05) is 32.7 Å². The number of primary amides is 1. The number of rotatable bonds is 10. The van der Waals surface area contributed by atoms with Crippen molar-refractivity contribution in [2.75, 3.05) is 52.6 Å². The number of nitrogens with two attached hydrogens (primary N) is 1. The van der Waals surface area contributed by atoms with Gasteiger partial charge >= 0.3 is 0 Å². The summed E-state index contributed by atoms with van der Waals surface area (Å²) in [4.78, 5) is 13.3. The summed E-state index contributed by atoms with van der Waals surface area (Å²) in [6.45, 7) is 8.20. The van der Waals surface area contributed by atoms with E-state index < -0.39 is 5.91 Å². The minimum atomic E-state index is -0.563. The van der Waals surface area contributed by atoms with Gasteiger partial charge in [-0.2, -0.15) is 0 Å². The van der Waals surface area contributed by atoms with E-state index in [0.717, 1.165) is 45.0 Å². The summed E-state index contributed by atoms with van der Waals surface area (Å²) in [7, 11) is 0. The third-order valence-electron chi connectivity index (χ3n) is 3.77. The highest BCUT2D eigenvalue weighted by Gasteiger charge is 2.14. The smallest absolute Gasteiger partial charge is 0.255 e. The van der Waals surface area contributed by atoms with Crippen LogP contribution in [-0.2, 0) is 16.1 Å². The fourth-order valence-electron chi connectivity index (χ4n) is 2.56. The van der Waals surface area contributed by atoms with Crippen molar-refractivity contribution in [2.45, 2.75) is 13.5 Å². The molecule has 1 amide bonds. The second-order valence-corrected chi connectivity index (χ2v) is 6.13. The first-order valence-corrected chi connectivity index (χ1v) is 8.85. The Morgan fingerprint density at radius 2 is 2.00 bits per heavy atom. The topological polar surface area (TPSA) is 86.1 Å². The number of carbonyl (C=O) groups is 1. The summed E-state index contributed by atoms with van der Waals surface area (Å²) in [5, 5.41) is 3.80. The molecule has 10 heteroatoms. The second-order valence-electron chi connectivity index (χ2n) is 5.72. The average Bonchev–Trinajstić information content (AvgIpc) is 2.59. The molecule has 0 bridgehead atoms. The van der Waals surface area contributed by atoms with E-state index >= 15 is 0 Å². The van der Waals surface area contributed by atoms with E-state index in [-0.39, 0.29) is 31.4 Å². The lowest BCUT2D eigenvalue weighted by Crippen LogP contribution is -2.40. The molecule has 1 heterocycles. The molecule has 0 saturated carbocycles. The van der Waals surface area contributed by atoms with Crippen molar-refractivity contribution in [1.82, 2.24) is 10.2 Å². The van der Waals surface area contributed by atoms with Gasteiger partial charge in [0.15, 0.2) is 18.1 Å². The maximum atomic E-state index is 10.9. The van der Waals surface area contributed by atoms with Crippen molar-refractivity contribution < 1.29 is 19.0 Å². The van der Waals surface area contributed by atoms with Crippen molar-refractivity contribution in [1.29, 1.82) is 0 Å². The van der Waals surface area contributed by atoms with E-state index in [1.54, 1.807) is 0 Å². The zero-order valence-corrected chi connectivity index (χ0v) is 17.8. The number of ether oxygens (including phenoxy) is 3. The monoisotopic (exact) mass is 443 g/mol. The molecule has 0 aliphatic carbocycles. The first-order chi connectivity index (χ1) is 12.1. The standard InChI is InChI=1S/C17H26ClN3O4.2ClH/c1-2-24-15-10-13(9-14(18)17(15)25-12-16(19)22)11-20-3-4-21-5-7-23-8-6-21;;/h9-10,20H,2-8,11-12H2,1H3,(H2,19,22);2*1H. The van der Waals surface area contributed by atoms with Crippen LogP contribution in [0.5, 0.6) is 11.5 Å². The van der Waals surface area contributed by atoms with Gasteiger partial charge in [0.1, 0.15) is 0 Å². The number of benzene rings is 1. The summed E-state index contributed by atoms with van der Waals surface area (Å²) in [5.41, 5.74) is 6.11. The second kappa shape index (κ2) is 14.1. The van der Waals surface area contributed by atoms with Gasteiger partial charge in [0.05, 0.1) is 24.8 Å². The summed E-state index contributed by atoms with van der Waals surface area (Å²) in [6.07, 6.45) is 0. The van der Waals surface area contributed by atoms with E-state index in [1.165, 1.54) is 0 Å². The summed E-state index contributed by atoms with van der Waals surface area (Å²) >= 11 is 6.28. The molecule has 1 aliphatic heterocycles. The molecule has 2 rings (SSSR count). The Hall–Kier alpha value is -0.960. The first-order valence-electron chi connectivity index (χ1n) is 8.47. The molecule has 0 atom stereocenters. The molecule has 1 aliphatic rings. The van der Waals surface area contributed by atoms with Crippen molar-refractivity contribution in [2.24, 2.45) is 5.73 Å². The summed E-state index contributed by atoms with van der Waals surface area (Å²) < 4.78 is 16.3. The maximum absolute atomic E-state index is 10.9. The predicted octanol–water partition coefficient (Wildman–Crippen LogP) is 1.87. The van der Waals surface area contributed by atoms with E-state index in [1.807, 2.05) is 19.1 Å². The van der Waals surface area contributed by atoms with Gasteiger partial charge in [-0.3, -0.25) is 9.69 Å². The molecule has 27 heavy (non-hydrogen) atoms. The third-order valence-corrected chi connectivity index (χ3v) is 4.05. The highest BCUT2D eigenvalue weighted by Crippen LogP contribution is 2.36. The molecule has 1 aromatic carbocycles. The first kappa shape index (κ1) is 26.0. The molecule has 1 saturated heterocycles. The molecular weight excluding hydrogens is 417 g/mol. The summed E-state index contributed by atoms with van der Waals surface area (Å²) in [6, 6.07) is 3.68. The lowest BCUT2D eigenvalue weighted by molar-refractivity contribution is -0.119.